The van der Waals surface area contributed by atoms with Crippen LogP contribution >= 0.6 is 11.3 Å². The molecule has 31 heavy (non-hydrogen) atoms. The quantitative estimate of drug-likeness (QED) is 0.556. The molecule has 0 saturated heterocycles. The van der Waals surface area contributed by atoms with E-state index < -0.39 is 24.4 Å². The Labute approximate surface area is 185 Å². The van der Waals surface area contributed by atoms with Gasteiger partial charge in [0.1, 0.15) is 16.3 Å². The maximum atomic E-state index is 12.6. The van der Waals surface area contributed by atoms with Crippen molar-refractivity contribution in [3.63, 3.8) is 0 Å². The van der Waals surface area contributed by atoms with Crippen molar-refractivity contribution in [2.45, 2.75) is 58.8 Å². The zero-order chi connectivity index (χ0) is 22.9. The largest absolute Gasteiger partial charge is 0.507 e. The third kappa shape index (κ3) is 4.74. The lowest BCUT2D eigenvalue weighted by Crippen LogP contribution is -2.23. The van der Waals surface area contributed by atoms with E-state index in [1.807, 2.05) is 33.8 Å². The number of primary amides is 1. The topological polar surface area (TPSA) is 119 Å². The van der Waals surface area contributed by atoms with Crippen molar-refractivity contribution >= 4 is 34.1 Å². The maximum absolute atomic E-state index is 12.6. The highest BCUT2D eigenvalue weighted by Gasteiger charge is 2.27. The van der Waals surface area contributed by atoms with E-state index in [0.717, 1.165) is 35.3 Å². The van der Waals surface area contributed by atoms with E-state index in [0.29, 0.717) is 16.1 Å². The van der Waals surface area contributed by atoms with Crippen LogP contribution in [-0.4, -0.2) is 29.5 Å². The number of carbonyl (C=O) groups excluding carboxylic acids is 3. The van der Waals surface area contributed by atoms with E-state index in [-0.39, 0.29) is 23.1 Å². The average molecular weight is 445 g/mol. The highest BCUT2D eigenvalue weighted by molar-refractivity contribution is 7.17. The number of thiophene rings is 1. The van der Waals surface area contributed by atoms with Crippen molar-refractivity contribution in [1.82, 2.24) is 0 Å². The van der Waals surface area contributed by atoms with E-state index in [4.69, 9.17) is 10.5 Å². The number of aromatic hydroxyl groups is 1. The Hall–Kier alpha value is -2.87. The molecule has 0 saturated carbocycles. The SMILES string of the molecule is CC(C)c1cc(C(=O)OCC(=O)Nc2sc3c(c2C(N)=O)CCC3)c(O)c(C(C)C)c1. The van der Waals surface area contributed by atoms with Gasteiger partial charge in [-0.25, -0.2) is 4.79 Å². The van der Waals surface area contributed by atoms with Gasteiger partial charge in [0.05, 0.1) is 5.56 Å². The molecule has 2 aromatic rings. The summed E-state index contributed by atoms with van der Waals surface area (Å²) < 4.78 is 5.17. The summed E-state index contributed by atoms with van der Waals surface area (Å²) in [5, 5.41) is 13.6. The average Bonchev–Trinajstić information content (AvgIpc) is 3.26. The number of hydrogen-bond acceptors (Lipinski definition) is 6. The Kier molecular flexibility index (Phi) is 6.69. The molecule has 2 amide bonds. The van der Waals surface area contributed by atoms with E-state index in [1.54, 1.807) is 6.07 Å². The molecule has 0 bridgehead atoms. The number of amides is 2. The lowest BCUT2D eigenvalue weighted by molar-refractivity contribution is -0.119. The van der Waals surface area contributed by atoms with Crippen molar-refractivity contribution in [2.75, 3.05) is 11.9 Å². The number of anilines is 1. The number of nitrogens with one attached hydrogen (secondary N) is 1. The molecular formula is C23H28N2O5S. The lowest BCUT2D eigenvalue weighted by Gasteiger charge is -2.16. The molecule has 1 heterocycles. The zero-order valence-corrected chi connectivity index (χ0v) is 19.0. The third-order valence-corrected chi connectivity index (χ3v) is 6.63. The first-order valence-corrected chi connectivity index (χ1v) is 11.2. The number of rotatable bonds is 7. The highest BCUT2D eigenvalue weighted by Crippen LogP contribution is 2.39. The van der Waals surface area contributed by atoms with Crippen molar-refractivity contribution < 1.29 is 24.2 Å². The summed E-state index contributed by atoms with van der Waals surface area (Å²) in [5.41, 5.74) is 8.35. The van der Waals surface area contributed by atoms with Crippen molar-refractivity contribution in [2.24, 2.45) is 5.73 Å². The Morgan fingerprint density at radius 3 is 2.48 bits per heavy atom. The number of phenolic OH excluding ortho intramolecular Hbond substituents is 1. The number of fused-ring (bicyclic) bond motifs is 1. The third-order valence-electron chi connectivity index (χ3n) is 5.43. The molecule has 0 fully saturated rings. The summed E-state index contributed by atoms with van der Waals surface area (Å²) in [6.45, 7) is 7.30. The lowest BCUT2D eigenvalue weighted by atomic mass is 9.92. The van der Waals surface area contributed by atoms with Gasteiger partial charge in [-0.3, -0.25) is 9.59 Å². The fraction of sp³-hybridized carbons (Fsp3) is 0.435. The van der Waals surface area contributed by atoms with Crippen LogP contribution in [0.5, 0.6) is 5.75 Å². The Balaban J connectivity index is 1.73. The normalized spacial score (nSPS) is 12.8. The van der Waals surface area contributed by atoms with E-state index in [2.05, 4.69) is 5.32 Å². The van der Waals surface area contributed by atoms with Gasteiger partial charge in [0.2, 0.25) is 0 Å². The van der Waals surface area contributed by atoms with Gasteiger partial charge >= 0.3 is 5.97 Å². The number of phenols is 1. The van der Waals surface area contributed by atoms with Gasteiger partial charge in [-0.2, -0.15) is 0 Å². The van der Waals surface area contributed by atoms with Gasteiger partial charge in [0.25, 0.3) is 11.8 Å². The minimum absolute atomic E-state index is 0.0153. The standard InChI is InChI=1S/C23H28N2O5S/c1-11(2)13-8-15(12(3)4)20(27)16(9-13)23(29)30-10-18(26)25-22-19(21(24)28)14-6-5-7-17(14)31-22/h8-9,11-12,27H,5-7,10H2,1-4H3,(H2,24,28)(H,25,26). The van der Waals surface area contributed by atoms with Gasteiger partial charge in [0, 0.05) is 4.88 Å². The van der Waals surface area contributed by atoms with Gasteiger partial charge in [-0.1, -0.05) is 33.8 Å². The molecule has 0 atom stereocenters. The number of nitrogens with two attached hydrogens (primary N) is 1. The highest BCUT2D eigenvalue weighted by atomic mass is 32.1. The summed E-state index contributed by atoms with van der Waals surface area (Å²) in [5.74, 6) is -1.89. The molecule has 166 valence electrons. The maximum Gasteiger partial charge on any atom is 0.342 e. The molecule has 1 aromatic heterocycles. The molecule has 1 aliphatic rings. The van der Waals surface area contributed by atoms with Crippen LogP contribution in [0.4, 0.5) is 5.00 Å². The number of esters is 1. The first-order chi connectivity index (χ1) is 14.6. The number of hydrogen-bond donors (Lipinski definition) is 3. The molecule has 0 unspecified atom stereocenters. The monoisotopic (exact) mass is 444 g/mol. The fourth-order valence-electron chi connectivity index (χ4n) is 3.73. The summed E-state index contributed by atoms with van der Waals surface area (Å²) in [7, 11) is 0. The molecule has 0 spiro atoms. The summed E-state index contributed by atoms with van der Waals surface area (Å²) in [6.07, 6.45) is 2.58. The van der Waals surface area contributed by atoms with Gasteiger partial charge in [-0.05, 0) is 53.9 Å². The van der Waals surface area contributed by atoms with Crippen LogP contribution in [0.25, 0.3) is 0 Å². The van der Waals surface area contributed by atoms with Gasteiger partial charge < -0.3 is 20.9 Å². The summed E-state index contributed by atoms with van der Waals surface area (Å²) in [6, 6.07) is 3.48. The molecule has 3 rings (SSSR count). The number of benzene rings is 1. The number of aryl methyl sites for hydroxylation is 1. The molecule has 0 aliphatic heterocycles. The van der Waals surface area contributed by atoms with Crippen LogP contribution in [-0.2, 0) is 22.4 Å². The van der Waals surface area contributed by atoms with Gasteiger partial charge in [0.15, 0.2) is 6.61 Å². The zero-order valence-electron chi connectivity index (χ0n) is 18.2. The molecule has 1 aliphatic carbocycles. The van der Waals surface area contributed by atoms with Crippen LogP contribution < -0.4 is 11.1 Å². The summed E-state index contributed by atoms with van der Waals surface area (Å²) in [4.78, 5) is 37.9. The Bertz CT molecular complexity index is 1040. The van der Waals surface area contributed by atoms with Crippen LogP contribution in [0.1, 0.15) is 88.2 Å². The van der Waals surface area contributed by atoms with Crippen molar-refractivity contribution in [1.29, 1.82) is 0 Å². The summed E-state index contributed by atoms with van der Waals surface area (Å²) >= 11 is 1.34. The minimum Gasteiger partial charge on any atom is -0.507 e. The number of carbonyl (C=O) groups is 3. The smallest absolute Gasteiger partial charge is 0.342 e. The fourth-order valence-corrected chi connectivity index (χ4v) is 5.04. The Morgan fingerprint density at radius 1 is 1.16 bits per heavy atom. The van der Waals surface area contributed by atoms with E-state index in [9.17, 15) is 19.5 Å². The Morgan fingerprint density at radius 2 is 1.87 bits per heavy atom. The second kappa shape index (κ2) is 9.09. The predicted octanol–water partition coefficient (Wildman–Crippen LogP) is 4.08. The van der Waals surface area contributed by atoms with Crippen LogP contribution in [0.3, 0.4) is 0 Å². The second-order valence-corrected chi connectivity index (χ2v) is 9.47. The molecule has 7 nitrogen and oxygen atoms in total. The van der Waals surface area contributed by atoms with Crippen LogP contribution in [0, 0.1) is 0 Å². The van der Waals surface area contributed by atoms with Crippen LogP contribution in [0.2, 0.25) is 0 Å². The first kappa shape index (κ1) is 22.8. The van der Waals surface area contributed by atoms with E-state index >= 15 is 0 Å². The van der Waals surface area contributed by atoms with Crippen molar-refractivity contribution in [3.05, 3.63) is 44.8 Å². The molecule has 1 aromatic carbocycles. The van der Waals surface area contributed by atoms with Crippen LogP contribution in [0.15, 0.2) is 12.1 Å². The molecule has 4 N–H and O–H groups in total. The molecular weight excluding hydrogens is 416 g/mol. The minimum atomic E-state index is -0.777. The first-order valence-electron chi connectivity index (χ1n) is 10.4. The van der Waals surface area contributed by atoms with Gasteiger partial charge in [-0.15, -0.1) is 11.3 Å². The predicted molar refractivity (Wildman–Crippen MR) is 120 cm³/mol. The van der Waals surface area contributed by atoms with Crippen molar-refractivity contribution in [3.8, 4) is 5.75 Å². The second-order valence-electron chi connectivity index (χ2n) is 8.37. The van der Waals surface area contributed by atoms with E-state index in [1.165, 1.54) is 11.3 Å². The number of ether oxygens (including phenoxy) is 1. The molecule has 8 heteroatoms. The molecule has 0 radical (unpaired) electrons.